The average molecular weight is 403 g/mol. The number of hydrogen-bond donors (Lipinski definition) is 0. The summed E-state index contributed by atoms with van der Waals surface area (Å²) in [6, 6.07) is 18.1. The third-order valence-electron chi connectivity index (χ3n) is 5.22. The van der Waals surface area contributed by atoms with Crippen LogP contribution in [0.4, 0.5) is 11.5 Å². The maximum Gasteiger partial charge on any atom is 0.282 e. The topological polar surface area (TPSA) is 92.5 Å². The number of para-hydroxylation sites is 1. The number of carbonyl (C=O) groups excluding carboxylic acids is 1. The Morgan fingerprint density at radius 2 is 1.63 bits per heavy atom. The standard InChI is InChI=1S/C22H21N5O3/c1-16-6-8-17(9-7-16)19-10-11-21(24-23-19)25-12-14-26(15-13-25)22(28)18-4-2-3-5-20(18)27(29)30/h2-11H,12-15H2,1H3. The van der Waals surface area contributed by atoms with Crippen LogP contribution in [0.15, 0.2) is 60.7 Å². The first-order valence-corrected chi connectivity index (χ1v) is 9.71. The normalized spacial score (nSPS) is 13.9. The summed E-state index contributed by atoms with van der Waals surface area (Å²) in [6.07, 6.45) is 0. The van der Waals surface area contributed by atoms with Crippen molar-refractivity contribution in [2.45, 2.75) is 6.92 Å². The maximum absolute atomic E-state index is 12.8. The molecule has 1 saturated heterocycles. The highest BCUT2D eigenvalue weighted by Crippen LogP contribution is 2.22. The van der Waals surface area contributed by atoms with Gasteiger partial charge >= 0.3 is 0 Å². The molecule has 1 aliphatic rings. The molecule has 2 aromatic carbocycles. The van der Waals surface area contributed by atoms with Gasteiger partial charge in [-0.25, -0.2) is 0 Å². The van der Waals surface area contributed by atoms with Gasteiger partial charge in [0.2, 0.25) is 0 Å². The molecule has 0 atom stereocenters. The van der Waals surface area contributed by atoms with Crippen LogP contribution in [0.5, 0.6) is 0 Å². The van der Waals surface area contributed by atoms with Crippen molar-refractivity contribution in [3.63, 3.8) is 0 Å². The Bertz CT molecular complexity index is 1060. The van der Waals surface area contributed by atoms with Crippen LogP contribution in [0.3, 0.4) is 0 Å². The van der Waals surface area contributed by atoms with Crippen LogP contribution >= 0.6 is 0 Å². The Morgan fingerprint density at radius 3 is 2.27 bits per heavy atom. The Morgan fingerprint density at radius 1 is 0.933 bits per heavy atom. The molecule has 1 aliphatic heterocycles. The average Bonchev–Trinajstić information content (AvgIpc) is 2.79. The molecule has 8 heteroatoms. The van der Waals surface area contributed by atoms with Gasteiger partial charge in [-0.05, 0) is 25.1 Å². The second-order valence-electron chi connectivity index (χ2n) is 7.20. The zero-order valence-electron chi connectivity index (χ0n) is 16.6. The van der Waals surface area contributed by atoms with Crippen LogP contribution in [-0.2, 0) is 0 Å². The molecule has 0 aliphatic carbocycles. The van der Waals surface area contributed by atoms with E-state index < -0.39 is 4.92 Å². The fraction of sp³-hybridized carbons (Fsp3) is 0.227. The number of nitrogens with zero attached hydrogens (tertiary/aromatic N) is 5. The molecule has 0 bridgehead atoms. The smallest absolute Gasteiger partial charge is 0.282 e. The predicted molar refractivity (Wildman–Crippen MR) is 113 cm³/mol. The van der Waals surface area contributed by atoms with E-state index in [9.17, 15) is 14.9 Å². The molecule has 0 radical (unpaired) electrons. The molecule has 3 aromatic rings. The van der Waals surface area contributed by atoms with Gasteiger partial charge in [-0.2, -0.15) is 0 Å². The van der Waals surface area contributed by atoms with Gasteiger partial charge in [-0.15, -0.1) is 10.2 Å². The van der Waals surface area contributed by atoms with Gasteiger partial charge in [-0.3, -0.25) is 14.9 Å². The first kappa shape index (κ1) is 19.5. The molecule has 2 heterocycles. The number of hydrogen-bond acceptors (Lipinski definition) is 6. The van der Waals surface area contributed by atoms with E-state index in [1.807, 2.05) is 43.3 Å². The molecule has 4 rings (SSSR count). The summed E-state index contributed by atoms with van der Waals surface area (Å²) in [7, 11) is 0. The van der Waals surface area contributed by atoms with Crippen LogP contribution < -0.4 is 4.90 Å². The van der Waals surface area contributed by atoms with E-state index in [0.717, 1.165) is 17.1 Å². The Hall–Kier alpha value is -3.81. The number of nitro groups is 1. The second kappa shape index (κ2) is 8.28. The molecular weight excluding hydrogens is 382 g/mol. The fourth-order valence-corrected chi connectivity index (χ4v) is 3.49. The van der Waals surface area contributed by atoms with Gasteiger partial charge in [0, 0.05) is 37.8 Å². The zero-order valence-corrected chi connectivity index (χ0v) is 16.6. The molecule has 152 valence electrons. The van der Waals surface area contributed by atoms with Crippen LogP contribution in [0, 0.1) is 17.0 Å². The quantitative estimate of drug-likeness (QED) is 0.490. The van der Waals surface area contributed by atoms with E-state index in [0.29, 0.717) is 26.2 Å². The SMILES string of the molecule is Cc1ccc(-c2ccc(N3CCN(C(=O)c4ccccc4[N+](=O)[O-])CC3)nn2)cc1. The van der Waals surface area contributed by atoms with Crippen molar-refractivity contribution < 1.29 is 9.72 Å². The van der Waals surface area contributed by atoms with E-state index in [1.165, 1.54) is 17.7 Å². The monoisotopic (exact) mass is 403 g/mol. The number of rotatable bonds is 4. The van der Waals surface area contributed by atoms with E-state index in [-0.39, 0.29) is 17.2 Å². The summed E-state index contributed by atoms with van der Waals surface area (Å²) in [5, 5.41) is 19.9. The van der Waals surface area contributed by atoms with Crippen LogP contribution in [0.25, 0.3) is 11.3 Å². The molecule has 0 spiro atoms. The highest BCUT2D eigenvalue weighted by Gasteiger charge is 2.27. The lowest BCUT2D eigenvalue weighted by atomic mass is 10.1. The van der Waals surface area contributed by atoms with E-state index >= 15 is 0 Å². The van der Waals surface area contributed by atoms with Crippen molar-refractivity contribution in [3.05, 3.63) is 81.9 Å². The summed E-state index contributed by atoms with van der Waals surface area (Å²) < 4.78 is 0. The molecule has 1 aromatic heterocycles. The zero-order chi connectivity index (χ0) is 21.1. The highest BCUT2D eigenvalue weighted by atomic mass is 16.6. The first-order valence-electron chi connectivity index (χ1n) is 9.71. The minimum atomic E-state index is -0.519. The van der Waals surface area contributed by atoms with Gasteiger partial charge in [0.15, 0.2) is 5.82 Å². The van der Waals surface area contributed by atoms with Gasteiger partial charge < -0.3 is 9.80 Å². The van der Waals surface area contributed by atoms with E-state index in [1.54, 1.807) is 17.0 Å². The van der Waals surface area contributed by atoms with Gasteiger partial charge in [-0.1, -0.05) is 42.0 Å². The first-order chi connectivity index (χ1) is 14.5. The van der Waals surface area contributed by atoms with Crippen LogP contribution in [-0.4, -0.2) is 52.1 Å². The number of nitro benzene ring substituents is 1. The van der Waals surface area contributed by atoms with Crippen molar-refractivity contribution in [3.8, 4) is 11.3 Å². The largest absolute Gasteiger partial charge is 0.352 e. The summed E-state index contributed by atoms with van der Waals surface area (Å²) >= 11 is 0. The molecule has 8 nitrogen and oxygen atoms in total. The number of carbonyl (C=O) groups is 1. The molecule has 0 saturated carbocycles. The number of aromatic nitrogens is 2. The maximum atomic E-state index is 12.8. The van der Waals surface area contributed by atoms with Gasteiger partial charge in [0.05, 0.1) is 10.6 Å². The fourth-order valence-electron chi connectivity index (χ4n) is 3.49. The number of anilines is 1. The molecule has 0 unspecified atom stereocenters. The highest BCUT2D eigenvalue weighted by molar-refractivity contribution is 5.98. The molecule has 30 heavy (non-hydrogen) atoms. The van der Waals surface area contributed by atoms with E-state index in [2.05, 4.69) is 15.1 Å². The van der Waals surface area contributed by atoms with Crippen molar-refractivity contribution in [1.29, 1.82) is 0 Å². The molecule has 1 amide bonds. The summed E-state index contributed by atoms with van der Waals surface area (Å²) in [6.45, 7) is 4.15. The van der Waals surface area contributed by atoms with Crippen molar-refractivity contribution in [2.75, 3.05) is 31.1 Å². The van der Waals surface area contributed by atoms with Gasteiger partial charge in [0.25, 0.3) is 11.6 Å². The number of aryl methyl sites for hydroxylation is 1. The number of benzene rings is 2. The third-order valence-corrected chi connectivity index (χ3v) is 5.22. The summed E-state index contributed by atoms with van der Waals surface area (Å²) in [5.41, 5.74) is 2.97. The summed E-state index contributed by atoms with van der Waals surface area (Å²) in [4.78, 5) is 27.2. The van der Waals surface area contributed by atoms with Crippen molar-refractivity contribution >= 4 is 17.4 Å². The van der Waals surface area contributed by atoms with E-state index in [4.69, 9.17) is 0 Å². The van der Waals surface area contributed by atoms with Gasteiger partial charge in [0.1, 0.15) is 5.56 Å². The van der Waals surface area contributed by atoms with Crippen LogP contribution in [0.2, 0.25) is 0 Å². The Kier molecular flexibility index (Phi) is 5.38. The van der Waals surface area contributed by atoms with Crippen LogP contribution in [0.1, 0.15) is 15.9 Å². The third kappa shape index (κ3) is 3.98. The lowest BCUT2D eigenvalue weighted by Crippen LogP contribution is -2.49. The number of piperazine rings is 1. The molecular formula is C22H21N5O3. The molecule has 0 N–H and O–H groups in total. The molecule has 1 fully saturated rings. The van der Waals surface area contributed by atoms with Crippen molar-refractivity contribution in [1.82, 2.24) is 15.1 Å². The second-order valence-corrected chi connectivity index (χ2v) is 7.20. The minimum absolute atomic E-state index is 0.123. The lowest BCUT2D eigenvalue weighted by Gasteiger charge is -2.35. The van der Waals surface area contributed by atoms with Crippen molar-refractivity contribution in [2.24, 2.45) is 0 Å². The Balaban J connectivity index is 1.42. The summed E-state index contributed by atoms with van der Waals surface area (Å²) in [5.74, 6) is 0.436. The number of amides is 1. The minimum Gasteiger partial charge on any atom is -0.352 e. The Labute approximate surface area is 173 Å². The lowest BCUT2D eigenvalue weighted by molar-refractivity contribution is -0.385. The predicted octanol–water partition coefficient (Wildman–Crippen LogP) is 3.32.